The predicted octanol–water partition coefficient (Wildman–Crippen LogP) is 3.58. The van der Waals surface area contributed by atoms with Gasteiger partial charge in [0.2, 0.25) is 0 Å². The molecule has 0 amide bonds. The van der Waals surface area contributed by atoms with Crippen molar-refractivity contribution >= 4 is 16.9 Å². The Bertz CT molecular complexity index is 664. The van der Waals surface area contributed by atoms with Crippen LogP contribution in [0.2, 0.25) is 0 Å². The molecule has 1 unspecified atom stereocenters. The van der Waals surface area contributed by atoms with Crippen LogP contribution in [0.25, 0.3) is 10.9 Å². The maximum Gasteiger partial charge on any atom is 0.306 e. The van der Waals surface area contributed by atoms with E-state index in [0.717, 1.165) is 35.9 Å². The maximum atomic E-state index is 11.2. The number of H-pyrrole nitrogens is 1. The van der Waals surface area contributed by atoms with Gasteiger partial charge in [-0.15, -0.1) is 0 Å². The molecule has 0 aliphatic rings. The zero-order valence-corrected chi connectivity index (χ0v) is 14.5. The Hall–Kier alpha value is -2.01. The number of carbonyl (C=O) groups is 1. The summed E-state index contributed by atoms with van der Waals surface area (Å²) in [6.45, 7) is 5.14. The summed E-state index contributed by atoms with van der Waals surface area (Å²) >= 11 is 0. The van der Waals surface area contributed by atoms with Crippen LogP contribution in [0.15, 0.2) is 24.4 Å². The quantitative estimate of drug-likeness (QED) is 0.580. The monoisotopic (exact) mass is 332 g/mol. The molecule has 0 spiro atoms. The number of fused-ring (bicyclic) bond motifs is 1. The molecule has 0 fully saturated rings. The summed E-state index contributed by atoms with van der Waals surface area (Å²) < 4.78 is 5.83. The van der Waals surface area contributed by atoms with Crippen molar-refractivity contribution < 1.29 is 14.6 Å². The summed E-state index contributed by atoms with van der Waals surface area (Å²) in [4.78, 5) is 14.4. The third-order valence-corrected chi connectivity index (χ3v) is 4.45. The minimum Gasteiger partial charge on any atom is -0.494 e. The second-order valence-corrected chi connectivity index (χ2v) is 6.59. The molecule has 5 nitrogen and oxygen atoms in total. The Kier molecular flexibility index (Phi) is 6.67. The van der Waals surface area contributed by atoms with Crippen LogP contribution in [0, 0.1) is 11.8 Å². The summed E-state index contributed by atoms with van der Waals surface area (Å²) in [7, 11) is 0. The summed E-state index contributed by atoms with van der Waals surface area (Å²) in [5.74, 6) is 0.0516. The van der Waals surface area contributed by atoms with Crippen molar-refractivity contribution in [1.82, 2.24) is 4.98 Å². The molecule has 0 radical (unpaired) electrons. The summed E-state index contributed by atoms with van der Waals surface area (Å²) in [5, 5.41) is 10.3. The Morgan fingerprint density at radius 1 is 1.33 bits per heavy atom. The van der Waals surface area contributed by atoms with Crippen molar-refractivity contribution in [2.45, 2.75) is 39.5 Å². The third-order valence-electron chi connectivity index (χ3n) is 4.45. The molecule has 0 saturated carbocycles. The van der Waals surface area contributed by atoms with Crippen LogP contribution in [0.1, 0.15) is 38.7 Å². The molecular weight excluding hydrogens is 304 g/mol. The first-order chi connectivity index (χ1) is 11.5. The number of rotatable bonds is 10. The van der Waals surface area contributed by atoms with Crippen molar-refractivity contribution in [3.63, 3.8) is 0 Å². The maximum absolute atomic E-state index is 11.2. The van der Waals surface area contributed by atoms with Gasteiger partial charge in [0.15, 0.2) is 0 Å². The van der Waals surface area contributed by atoms with Crippen LogP contribution < -0.4 is 10.5 Å². The Labute approximate surface area is 143 Å². The molecule has 132 valence electrons. The molecule has 24 heavy (non-hydrogen) atoms. The highest BCUT2D eigenvalue weighted by molar-refractivity contribution is 5.84. The average molecular weight is 332 g/mol. The number of aromatic nitrogens is 1. The largest absolute Gasteiger partial charge is 0.494 e. The molecule has 1 atom stereocenters. The van der Waals surface area contributed by atoms with E-state index in [1.54, 1.807) is 0 Å². The highest BCUT2D eigenvalue weighted by Crippen LogP contribution is 2.24. The molecular formula is C19H28N2O3. The molecule has 2 rings (SSSR count). The van der Waals surface area contributed by atoms with Gasteiger partial charge in [-0.1, -0.05) is 13.8 Å². The van der Waals surface area contributed by atoms with Gasteiger partial charge in [0.25, 0.3) is 0 Å². The fourth-order valence-electron chi connectivity index (χ4n) is 3.01. The van der Waals surface area contributed by atoms with Crippen molar-refractivity contribution in [1.29, 1.82) is 0 Å². The van der Waals surface area contributed by atoms with Gasteiger partial charge in [0.1, 0.15) is 5.75 Å². The molecule has 0 aliphatic carbocycles. The molecule has 4 N–H and O–H groups in total. The summed E-state index contributed by atoms with van der Waals surface area (Å²) in [5.41, 5.74) is 7.94. The normalized spacial score (nSPS) is 12.7. The number of carboxylic acids is 1. The molecule has 0 bridgehead atoms. The number of nitrogens with two attached hydrogens (primary N) is 1. The number of aliphatic carboxylic acids is 1. The van der Waals surface area contributed by atoms with E-state index in [2.05, 4.69) is 4.98 Å². The standard InChI is InChI=1S/C19H28N2O3/c1-13(2)16(19(22)23)5-3-4-10-24-15-6-7-18-17(11-15)14(8-9-20)12-21-18/h6-7,11-13,16,21H,3-5,8-10,20H2,1-2H3,(H,22,23). The first-order valence-electron chi connectivity index (χ1n) is 8.68. The van der Waals surface area contributed by atoms with Gasteiger partial charge in [-0.3, -0.25) is 4.79 Å². The number of hydrogen-bond acceptors (Lipinski definition) is 3. The number of nitrogens with one attached hydrogen (secondary N) is 1. The van der Waals surface area contributed by atoms with E-state index in [1.807, 2.05) is 38.2 Å². The molecule has 0 aliphatic heterocycles. The van der Waals surface area contributed by atoms with E-state index < -0.39 is 5.97 Å². The highest BCUT2D eigenvalue weighted by Gasteiger charge is 2.20. The lowest BCUT2D eigenvalue weighted by Crippen LogP contribution is -2.19. The number of hydrogen-bond donors (Lipinski definition) is 3. The Morgan fingerprint density at radius 2 is 2.12 bits per heavy atom. The van der Waals surface area contributed by atoms with Crippen molar-refractivity contribution in [3.05, 3.63) is 30.0 Å². The smallest absolute Gasteiger partial charge is 0.306 e. The lowest BCUT2D eigenvalue weighted by Gasteiger charge is -2.15. The number of ether oxygens (including phenoxy) is 1. The third kappa shape index (κ3) is 4.74. The second kappa shape index (κ2) is 8.73. The van der Waals surface area contributed by atoms with E-state index in [0.29, 0.717) is 19.6 Å². The van der Waals surface area contributed by atoms with Gasteiger partial charge in [-0.05, 0) is 61.9 Å². The van der Waals surface area contributed by atoms with Crippen LogP contribution in [0.5, 0.6) is 5.75 Å². The van der Waals surface area contributed by atoms with Crippen LogP contribution >= 0.6 is 0 Å². The molecule has 5 heteroatoms. The van der Waals surface area contributed by atoms with Crippen LogP contribution in [-0.2, 0) is 11.2 Å². The zero-order chi connectivity index (χ0) is 17.5. The lowest BCUT2D eigenvalue weighted by atomic mass is 9.91. The minimum absolute atomic E-state index is 0.167. The van der Waals surface area contributed by atoms with Crippen molar-refractivity contribution in [2.24, 2.45) is 17.6 Å². The van der Waals surface area contributed by atoms with E-state index >= 15 is 0 Å². The fourth-order valence-corrected chi connectivity index (χ4v) is 3.01. The lowest BCUT2D eigenvalue weighted by molar-refractivity contribution is -0.143. The average Bonchev–Trinajstić information content (AvgIpc) is 2.93. The van der Waals surface area contributed by atoms with Gasteiger partial charge < -0.3 is 20.6 Å². The molecule has 1 aromatic heterocycles. The topological polar surface area (TPSA) is 88.3 Å². The molecule has 1 heterocycles. The van der Waals surface area contributed by atoms with Gasteiger partial charge in [-0.2, -0.15) is 0 Å². The van der Waals surface area contributed by atoms with Gasteiger partial charge >= 0.3 is 5.97 Å². The van der Waals surface area contributed by atoms with E-state index in [9.17, 15) is 9.90 Å². The first-order valence-corrected chi connectivity index (χ1v) is 8.68. The summed E-state index contributed by atoms with van der Waals surface area (Å²) in [6, 6.07) is 6.02. The van der Waals surface area contributed by atoms with Crippen LogP contribution in [0.4, 0.5) is 0 Å². The molecule has 2 aromatic rings. The van der Waals surface area contributed by atoms with E-state index in [-0.39, 0.29) is 11.8 Å². The zero-order valence-electron chi connectivity index (χ0n) is 14.5. The van der Waals surface area contributed by atoms with Gasteiger partial charge in [-0.25, -0.2) is 0 Å². The minimum atomic E-state index is -0.698. The van der Waals surface area contributed by atoms with Gasteiger partial charge in [0.05, 0.1) is 12.5 Å². The fraction of sp³-hybridized carbons (Fsp3) is 0.526. The van der Waals surface area contributed by atoms with E-state index in [1.165, 1.54) is 5.56 Å². The second-order valence-electron chi connectivity index (χ2n) is 6.59. The molecule has 0 saturated heterocycles. The number of benzene rings is 1. The van der Waals surface area contributed by atoms with Gasteiger partial charge in [0, 0.05) is 17.1 Å². The predicted molar refractivity (Wildman–Crippen MR) is 96.4 cm³/mol. The SMILES string of the molecule is CC(C)C(CCCCOc1ccc2[nH]cc(CCN)c2c1)C(=O)O. The Balaban J connectivity index is 1.83. The summed E-state index contributed by atoms with van der Waals surface area (Å²) in [6.07, 6.45) is 5.26. The highest BCUT2D eigenvalue weighted by atomic mass is 16.5. The number of carboxylic acid groups (broad SMARTS) is 1. The van der Waals surface area contributed by atoms with Crippen LogP contribution in [0.3, 0.4) is 0 Å². The first kappa shape index (κ1) is 18.3. The van der Waals surface area contributed by atoms with Crippen molar-refractivity contribution in [3.8, 4) is 5.75 Å². The number of unbranched alkanes of at least 4 members (excludes halogenated alkanes) is 1. The van der Waals surface area contributed by atoms with Crippen molar-refractivity contribution in [2.75, 3.05) is 13.2 Å². The van der Waals surface area contributed by atoms with Crippen LogP contribution in [-0.4, -0.2) is 29.2 Å². The number of aromatic amines is 1. The Morgan fingerprint density at radius 3 is 2.79 bits per heavy atom. The molecule has 1 aromatic carbocycles. The van der Waals surface area contributed by atoms with E-state index in [4.69, 9.17) is 10.5 Å².